The minimum absolute atomic E-state index is 0.0493. The van der Waals surface area contributed by atoms with Crippen molar-refractivity contribution in [2.24, 2.45) is 0 Å². The highest BCUT2D eigenvalue weighted by Crippen LogP contribution is 2.13. The van der Waals surface area contributed by atoms with Gasteiger partial charge in [0.05, 0.1) is 6.33 Å². The molecule has 1 aliphatic heterocycles. The van der Waals surface area contributed by atoms with E-state index in [1.54, 1.807) is 0 Å². The van der Waals surface area contributed by atoms with E-state index in [1.165, 1.54) is 12.4 Å². The molecule has 18 heavy (non-hydrogen) atoms. The van der Waals surface area contributed by atoms with E-state index in [9.17, 15) is 9.59 Å². The molecule has 3 N–H and O–H groups in total. The van der Waals surface area contributed by atoms with E-state index in [0.717, 1.165) is 6.54 Å². The molecule has 0 bridgehead atoms. The van der Waals surface area contributed by atoms with E-state index in [-0.39, 0.29) is 17.5 Å². The number of hydrogen-bond donors (Lipinski definition) is 3. The molecular weight excluding hydrogens is 234 g/mol. The van der Waals surface area contributed by atoms with Crippen LogP contribution in [0.4, 0.5) is 5.82 Å². The zero-order valence-electron chi connectivity index (χ0n) is 10.3. The maximum atomic E-state index is 12.0. The molecule has 2 heterocycles. The minimum atomic E-state index is -0.326. The number of nitrogens with zero attached hydrogens (tertiary/aromatic N) is 2. The van der Waals surface area contributed by atoms with E-state index in [4.69, 9.17) is 0 Å². The molecule has 1 amide bonds. The van der Waals surface area contributed by atoms with Crippen molar-refractivity contribution in [3.05, 3.63) is 22.7 Å². The molecule has 0 spiro atoms. The third-order valence-corrected chi connectivity index (χ3v) is 2.86. The number of aromatic nitrogens is 2. The van der Waals surface area contributed by atoms with Gasteiger partial charge in [-0.25, -0.2) is 4.98 Å². The number of rotatable bonds is 3. The quantitative estimate of drug-likeness (QED) is 0.620. The topological polar surface area (TPSA) is 90.1 Å². The van der Waals surface area contributed by atoms with Crippen LogP contribution in [0.5, 0.6) is 0 Å². The minimum Gasteiger partial charge on any atom is -0.355 e. The number of amides is 1. The highest BCUT2D eigenvalue weighted by atomic mass is 16.2. The van der Waals surface area contributed by atoms with Gasteiger partial charge in [0.15, 0.2) is 0 Å². The second kappa shape index (κ2) is 5.63. The molecule has 1 saturated heterocycles. The smallest absolute Gasteiger partial charge is 0.252 e. The van der Waals surface area contributed by atoms with Gasteiger partial charge in [-0.3, -0.25) is 9.59 Å². The molecule has 1 unspecified atom stereocenters. The Kier molecular flexibility index (Phi) is 3.93. The van der Waals surface area contributed by atoms with Crippen molar-refractivity contribution in [1.29, 1.82) is 0 Å². The first-order chi connectivity index (χ1) is 8.72. The predicted molar refractivity (Wildman–Crippen MR) is 67.5 cm³/mol. The van der Waals surface area contributed by atoms with Crippen LogP contribution in [0.25, 0.3) is 0 Å². The van der Waals surface area contributed by atoms with Gasteiger partial charge in [-0.2, -0.15) is 0 Å². The Balaban J connectivity index is 2.22. The van der Waals surface area contributed by atoms with Gasteiger partial charge in [0.1, 0.15) is 11.9 Å². The Bertz CT molecular complexity index is 473. The zero-order chi connectivity index (χ0) is 13.0. The third-order valence-electron chi connectivity index (χ3n) is 2.86. The van der Waals surface area contributed by atoms with Crippen LogP contribution in [-0.2, 0) is 4.79 Å². The molecule has 98 valence electrons. The number of likely N-dealkylation sites (N-methyl/N-ethyl adjacent to an activating group) is 1. The van der Waals surface area contributed by atoms with Gasteiger partial charge in [-0.15, -0.1) is 0 Å². The molecule has 0 radical (unpaired) electrons. The lowest BCUT2D eigenvalue weighted by molar-refractivity contribution is -0.122. The number of anilines is 1. The fourth-order valence-electron chi connectivity index (χ4n) is 2.02. The molecule has 1 aromatic rings. The Morgan fingerprint density at radius 2 is 2.50 bits per heavy atom. The summed E-state index contributed by atoms with van der Waals surface area (Å²) in [7, 11) is 0. The summed E-state index contributed by atoms with van der Waals surface area (Å²) in [5.41, 5.74) is -0.215. The van der Waals surface area contributed by atoms with Crippen molar-refractivity contribution in [3.8, 4) is 0 Å². The van der Waals surface area contributed by atoms with E-state index in [2.05, 4.69) is 20.6 Å². The second-order valence-electron chi connectivity index (χ2n) is 4.08. The van der Waals surface area contributed by atoms with Gasteiger partial charge in [0.25, 0.3) is 5.56 Å². The summed E-state index contributed by atoms with van der Waals surface area (Å²) in [5.74, 6) is 0.489. The summed E-state index contributed by atoms with van der Waals surface area (Å²) in [5, 5.41) is 5.97. The van der Waals surface area contributed by atoms with Gasteiger partial charge in [-0.1, -0.05) is 0 Å². The van der Waals surface area contributed by atoms with Crippen LogP contribution in [0.1, 0.15) is 6.92 Å². The Labute approximate surface area is 105 Å². The Morgan fingerprint density at radius 1 is 1.67 bits per heavy atom. The second-order valence-corrected chi connectivity index (χ2v) is 4.08. The van der Waals surface area contributed by atoms with Crippen molar-refractivity contribution in [1.82, 2.24) is 20.6 Å². The van der Waals surface area contributed by atoms with Crippen LogP contribution in [-0.4, -0.2) is 48.1 Å². The van der Waals surface area contributed by atoms with Crippen LogP contribution < -0.4 is 21.1 Å². The van der Waals surface area contributed by atoms with Crippen molar-refractivity contribution in [2.45, 2.75) is 13.0 Å². The number of aromatic amines is 1. The number of hydrogen-bond acceptors (Lipinski definition) is 5. The van der Waals surface area contributed by atoms with Crippen LogP contribution in [0.3, 0.4) is 0 Å². The van der Waals surface area contributed by atoms with Crippen molar-refractivity contribution >= 4 is 11.7 Å². The number of carbonyl (C=O) groups is 1. The van der Waals surface area contributed by atoms with Crippen LogP contribution >= 0.6 is 0 Å². The molecule has 0 aromatic carbocycles. The monoisotopic (exact) mass is 251 g/mol. The molecule has 1 fully saturated rings. The summed E-state index contributed by atoms with van der Waals surface area (Å²) in [4.78, 5) is 31.7. The largest absolute Gasteiger partial charge is 0.355 e. The summed E-state index contributed by atoms with van der Waals surface area (Å²) in [6.45, 7) is 4.44. The maximum absolute atomic E-state index is 12.0. The Morgan fingerprint density at radius 3 is 3.22 bits per heavy atom. The Hall–Kier alpha value is -1.89. The lowest BCUT2D eigenvalue weighted by atomic mass is 10.1. The fourth-order valence-corrected chi connectivity index (χ4v) is 2.02. The average Bonchev–Trinajstić information content (AvgIpc) is 2.39. The molecule has 1 aromatic heterocycles. The highest BCUT2D eigenvalue weighted by molar-refractivity contribution is 5.85. The first-order valence-electron chi connectivity index (χ1n) is 6.02. The van der Waals surface area contributed by atoms with Gasteiger partial charge in [-0.05, 0) is 6.92 Å². The summed E-state index contributed by atoms with van der Waals surface area (Å²) >= 11 is 0. The van der Waals surface area contributed by atoms with Crippen molar-refractivity contribution in [3.63, 3.8) is 0 Å². The third kappa shape index (κ3) is 2.67. The molecule has 7 heteroatoms. The SMILES string of the molecule is CCNC(=O)C1CNCCN1c1cc(=O)[nH]cn1. The molecule has 7 nitrogen and oxygen atoms in total. The van der Waals surface area contributed by atoms with E-state index < -0.39 is 0 Å². The van der Waals surface area contributed by atoms with Crippen LogP contribution in [0, 0.1) is 0 Å². The maximum Gasteiger partial charge on any atom is 0.252 e. The lowest BCUT2D eigenvalue weighted by Gasteiger charge is -2.35. The molecule has 2 rings (SSSR count). The fraction of sp³-hybridized carbons (Fsp3) is 0.545. The molecule has 1 aliphatic rings. The predicted octanol–water partition coefficient (Wildman–Crippen LogP) is -1.32. The van der Waals surface area contributed by atoms with E-state index >= 15 is 0 Å². The van der Waals surface area contributed by atoms with Crippen LogP contribution in [0.15, 0.2) is 17.2 Å². The van der Waals surface area contributed by atoms with Gasteiger partial charge in [0.2, 0.25) is 5.91 Å². The normalized spacial score (nSPS) is 19.6. The first-order valence-corrected chi connectivity index (χ1v) is 6.02. The van der Waals surface area contributed by atoms with E-state index in [0.29, 0.717) is 25.5 Å². The highest BCUT2D eigenvalue weighted by Gasteiger charge is 2.29. The number of nitrogens with one attached hydrogen (secondary N) is 3. The summed E-state index contributed by atoms with van der Waals surface area (Å²) in [6.07, 6.45) is 1.36. The lowest BCUT2D eigenvalue weighted by Crippen LogP contribution is -2.58. The zero-order valence-corrected chi connectivity index (χ0v) is 10.3. The van der Waals surface area contributed by atoms with Crippen molar-refractivity contribution < 1.29 is 4.79 Å². The van der Waals surface area contributed by atoms with Gasteiger partial charge < -0.3 is 20.5 Å². The average molecular weight is 251 g/mol. The number of carbonyl (C=O) groups excluding carboxylic acids is 1. The van der Waals surface area contributed by atoms with Crippen molar-refractivity contribution in [2.75, 3.05) is 31.1 Å². The standard InChI is InChI=1S/C11H17N5O2/c1-2-13-11(18)8-6-12-3-4-16(8)9-5-10(17)15-7-14-9/h5,7-8,12H,2-4,6H2,1H3,(H,13,18)(H,14,15,17). The number of H-pyrrole nitrogens is 1. The van der Waals surface area contributed by atoms with Crippen LogP contribution in [0.2, 0.25) is 0 Å². The van der Waals surface area contributed by atoms with E-state index in [1.807, 2.05) is 11.8 Å². The number of piperazine rings is 1. The van der Waals surface area contributed by atoms with Gasteiger partial charge in [0, 0.05) is 32.2 Å². The van der Waals surface area contributed by atoms with Gasteiger partial charge >= 0.3 is 0 Å². The molecule has 1 atom stereocenters. The summed E-state index contributed by atoms with van der Waals surface area (Å²) in [6, 6.07) is 1.09. The first kappa shape index (κ1) is 12.6. The molecular formula is C11H17N5O2. The molecule has 0 aliphatic carbocycles. The summed E-state index contributed by atoms with van der Waals surface area (Å²) < 4.78 is 0. The molecule has 0 saturated carbocycles.